The van der Waals surface area contributed by atoms with Crippen LogP contribution in [0.5, 0.6) is 0 Å². The van der Waals surface area contributed by atoms with Gasteiger partial charge in [0.1, 0.15) is 35.7 Å². The van der Waals surface area contributed by atoms with E-state index in [1.54, 1.807) is 17.2 Å². The zero-order valence-corrected chi connectivity index (χ0v) is 19.8. The van der Waals surface area contributed by atoms with Gasteiger partial charge < -0.3 is 15.4 Å². The second-order valence-electron chi connectivity index (χ2n) is 9.11. The van der Waals surface area contributed by atoms with Crippen molar-refractivity contribution >= 4 is 28.5 Å². The van der Waals surface area contributed by atoms with Crippen molar-refractivity contribution in [3.05, 3.63) is 59.9 Å². The molecule has 1 aliphatic rings. The fourth-order valence-corrected chi connectivity index (χ4v) is 4.27. The Kier molecular flexibility index (Phi) is 6.82. The molecule has 4 rings (SSSR count). The molecule has 0 unspecified atom stereocenters. The van der Waals surface area contributed by atoms with E-state index in [-0.39, 0.29) is 18.7 Å². The van der Waals surface area contributed by atoms with Crippen molar-refractivity contribution in [3.63, 3.8) is 0 Å². The van der Waals surface area contributed by atoms with Crippen LogP contribution in [0.3, 0.4) is 0 Å². The molecular formula is C26H30N6O2. The molecule has 2 N–H and O–H groups in total. The number of benzene rings is 1. The zero-order chi connectivity index (χ0) is 24.1. The molecule has 1 atom stereocenters. The van der Waals surface area contributed by atoms with Crippen molar-refractivity contribution in [3.8, 4) is 6.07 Å². The monoisotopic (exact) mass is 458 g/mol. The number of hydrogen-bond acceptors (Lipinski definition) is 7. The summed E-state index contributed by atoms with van der Waals surface area (Å²) in [7, 11) is 0. The fraction of sp³-hybridized carbons (Fsp3) is 0.385. The van der Waals surface area contributed by atoms with Gasteiger partial charge in [0, 0.05) is 29.6 Å². The van der Waals surface area contributed by atoms with Gasteiger partial charge in [-0.05, 0) is 57.7 Å². The van der Waals surface area contributed by atoms with Crippen molar-refractivity contribution in [2.75, 3.05) is 17.2 Å². The van der Waals surface area contributed by atoms with E-state index in [1.165, 1.54) is 0 Å². The fourth-order valence-electron chi connectivity index (χ4n) is 4.27. The summed E-state index contributed by atoms with van der Waals surface area (Å²) in [5.74, 6) is 1.28. The summed E-state index contributed by atoms with van der Waals surface area (Å²) in [6, 6.07) is 15.6. The Labute approximate surface area is 200 Å². The molecular weight excluding hydrogens is 428 g/mol. The number of nitriles is 1. The minimum Gasteiger partial charge on any atom is -0.444 e. The summed E-state index contributed by atoms with van der Waals surface area (Å²) < 4.78 is 5.64. The lowest BCUT2D eigenvalue weighted by Gasteiger charge is -2.44. The molecule has 1 aromatic carbocycles. The molecule has 1 amide bonds. The predicted molar refractivity (Wildman–Crippen MR) is 132 cm³/mol. The van der Waals surface area contributed by atoms with Gasteiger partial charge in [0.2, 0.25) is 0 Å². The van der Waals surface area contributed by atoms with E-state index in [1.807, 2.05) is 57.2 Å². The number of nitrogens with one attached hydrogen (secondary N) is 2. The number of ether oxygens (including phenoxy) is 1. The molecule has 0 spiro atoms. The number of carbonyl (C=O) groups is 1. The molecule has 0 radical (unpaired) electrons. The van der Waals surface area contributed by atoms with Crippen molar-refractivity contribution in [2.45, 2.75) is 58.3 Å². The third-order valence-electron chi connectivity index (χ3n) is 5.97. The van der Waals surface area contributed by atoms with Gasteiger partial charge >= 0.3 is 6.09 Å². The van der Waals surface area contributed by atoms with Gasteiger partial charge in [-0.2, -0.15) is 5.26 Å². The first-order valence-electron chi connectivity index (χ1n) is 11.6. The van der Waals surface area contributed by atoms with Crippen LogP contribution in [0.25, 0.3) is 10.8 Å². The first-order valence-corrected chi connectivity index (χ1v) is 11.6. The van der Waals surface area contributed by atoms with Crippen LogP contribution in [0.4, 0.5) is 16.4 Å². The number of nitrogens with zero attached hydrogens (tertiary/aromatic N) is 4. The highest BCUT2D eigenvalue weighted by Crippen LogP contribution is 2.32. The second kappa shape index (κ2) is 9.96. The molecule has 1 fully saturated rings. The van der Waals surface area contributed by atoms with Crippen LogP contribution >= 0.6 is 0 Å². The molecule has 8 heteroatoms. The topological polar surface area (TPSA) is 103 Å². The first-order chi connectivity index (χ1) is 16.4. The SMILES string of the molecule is CC(C)Nc1nc(C#N)cc2cnc(N[C@]3(C)CCCCN3C(=O)OCc3ccccc3)cc12. The summed E-state index contributed by atoms with van der Waals surface area (Å²) in [4.78, 5) is 23.8. The van der Waals surface area contributed by atoms with Crippen molar-refractivity contribution in [1.29, 1.82) is 5.26 Å². The number of likely N-dealkylation sites (tertiary alicyclic amines) is 1. The summed E-state index contributed by atoms with van der Waals surface area (Å²) >= 11 is 0. The van der Waals surface area contributed by atoms with Gasteiger partial charge in [0.25, 0.3) is 0 Å². The third-order valence-corrected chi connectivity index (χ3v) is 5.97. The zero-order valence-electron chi connectivity index (χ0n) is 19.8. The van der Waals surface area contributed by atoms with E-state index in [0.717, 1.165) is 35.6 Å². The van der Waals surface area contributed by atoms with Crippen LogP contribution < -0.4 is 10.6 Å². The molecule has 1 saturated heterocycles. The molecule has 0 bridgehead atoms. The molecule has 34 heavy (non-hydrogen) atoms. The van der Waals surface area contributed by atoms with Crippen molar-refractivity contribution < 1.29 is 9.53 Å². The number of rotatable bonds is 6. The van der Waals surface area contributed by atoms with Gasteiger partial charge in [-0.25, -0.2) is 14.8 Å². The number of fused-ring (bicyclic) bond motifs is 1. The molecule has 0 saturated carbocycles. The van der Waals surface area contributed by atoms with Crippen molar-refractivity contribution in [2.24, 2.45) is 0 Å². The maximum Gasteiger partial charge on any atom is 0.411 e. The Morgan fingerprint density at radius 1 is 1.26 bits per heavy atom. The Morgan fingerprint density at radius 3 is 2.79 bits per heavy atom. The van der Waals surface area contributed by atoms with Crippen LogP contribution in [-0.2, 0) is 11.3 Å². The van der Waals surface area contributed by atoms with Gasteiger partial charge in [-0.15, -0.1) is 0 Å². The number of piperidine rings is 1. The number of carbonyl (C=O) groups excluding carboxylic acids is 1. The van der Waals surface area contributed by atoms with E-state index in [4.69, 9.17) is 4.74 Å². The minimum absolute atomic E-state index is 0.153. The summed E-state index contributed by atoms with van der Waals surface area (Å²) in [5, 5.41) is 17.8. The number of pyridine rings is 2. The lowest BCUT2D eigenvalue weighted by Crippen LogP contribution is -2.57. The van der Waals surface area contributed by atoms with E-state index >= 15 is 0 Å². The summed E-state index contributed by atoms with van der Waals surface area (Å²) in [6.07, 6.45) is 4.08. The quantitative estimate of drug-likeness (QED) is 0.518. The van der Waals surface area contributed by atoms with Crippen LogP contribution in [-0.4, -0.2) is 39.2 Å². The van der Waals surface area contributed by atoms with Gasteiger partial charge in [0.15, 0.2) is 0 Å². The Balaban J connectivity index is 1.58. The standard InChI is InChI=1S/C26H30N6O2/c1-18(2)29-24-22-14-23(28-16-20(22)13-21(15-27)30-24)31-26(3)11-7-8-12-32(26)25(33)34-17-19-9-5-4-6-10-19/h4-6,9-10,13-14,16,18H,7-8,11-12,17H2,1-3H3,(H,28,31)(H,29,30)/t26-/m0/s1. The predicted octanol–water partition coefficient (Wildman–Crippen LogP) is 5.27. The van der Waals surface area contributed by atoms with Gasteiger partial charge in [-0.3, -0.25) is 4.90 Å². The Morgan fingerprint density at radius 2 is 2.06 bits per heavy atom. The van der Waals surface area contributed by atoms with E-state index in [9.17, 15) is 10.1 Å². The van der Waals surface area contributed by atoms with E-state index in [2.05, 4.69) is 26.7 Å². The summed E-state index contributed by atoms with van der Waals surface area (Å²) in [5.41, 5.74) is 0.649. The van der Waals surface area contributed by atoms with Gasteiger partial charge in [-0.1, -0.05) is 30.3 Å². The maximum absolute atomic E-state index is 13.0. The average Bonchev–Trinajstić information content (AvgIpc) is 2.83. The smallest absolute Gasteiger partial charge is 0.411 e. The molecule has 176 valence electrons. The largest absolute Gasteiger partial charge is 0.444 e. The van der Waals surface area contributed by atoms with E-state index < -0.39 is 5.66 Å². The number of amides is 1. The highest BCUT2D eigenvalue weighted by molar-refractivity contribution is 5.93. The molecule has 8 nitrogen and oxygen atoms in total. The molecule has 2 aromatic heterocycles. The Hall–Kier alpha value is -3.86. The van der Waals surface area contributed by atoms with Crippen LogP contribution in [0, 0.1) is 11.3 Å². The summed E-state index contributed by atoms with van der Waals surface area (Å²) in [6.45, 7) is 6.89. The maximum atomic E-state index is 13.0. The first kappa shape index (κ1) is 23.3. The molecule has 0 aliphatic carbocycles. The second-order valence-corrected chi connectivity index (χ2v) is 9.11. The lowest BCUT2D eigenvalue weighted by molar-refractivity contribution is 0.0429. The van der Waals surface area contributed by atoms with Gasteiger partial charge in [0.05, 0.1) is 0 Å². The minimum atomic E-state index is -0.641. The Bertz CT molecular complexity index is 1210. The number of hydrogen-bond donors (Lipinski definition) is 2. The highest BCUT2D eigenvalue weighted by atomic mass is 16.6. The highest BCUT2D eigenvalue weighted by Gasteiger charge is 2.39. The van der Waals surface area contributed by atoms with Crippen LogP contribution in [0.1, 0.15) is 51.3 Å². The number of anilines is 2. The average molecular weight is 459 g/mol. The van der Waals surface area contributed by atoms with Crippen molar-refractivity contribution in [1.82, 2.24) is 14.9 Å². The van der Waals surface area contributed by atoms with E-state index in [0.29, 0.717) is 23.9 Å². The molecule has 1 aliphatic heterocycles. The third kappa shape index (κ3) is 5.20. The number of aromatic nitrogens is 2. The molecule has 3 aromatic rings. The molecule has 3 heterocycles. The lowest BCUT2D eigenvalue weighted by atomic mass is 9.97. The van der Waals surface area contributed by atoms with Crippen LogP contribution in [0.15, 0.2) is 48.7 Å². The van der Waals surface area contributed by atoms with Crippen LogP contribution in [0.2, 0.25) is 0 Å². The normalized spacial score (nSPS) is 17.9.